The first kappa shape index (κ1) is 14.6. The molecule has 1 rings (SSSR count). The lowest BCUT2D eigenvalue weighted by molar-refractivity contribution is -0.121. The van der Waals surface area contributed by atoms with Crippen molar-refractivity contribution < 1.29 is 4.79 Å². The first-order chi connectivity index (χ1) is 7.95. The minimum atomic E-state index is -0.143. The van der Waals surface area contributed by atoms with Crippen LogP contribution < -0.4 is 5.32 Å². The molecule has 17 heavy (non-hydrogen) atoms. The minimum absolute atomic E-state index is 0.0217. The molecular weight excluding hydrogens is 300 g/mol. The third-order valence-electron chi connectivity index (χ3n) is 2.48. The number of hydrogen-bond acceptors (Lipinski definition) is 3. The van der Waals surface area contributed by atoms with Crippen LogP contribution in [0, 0.1) is 5.92 Å². The second-order valence-corrected chi connectivity index (χ2v) is 6.53. The van der Waals surface area contributed by atoms with Crippen LogP contribution in [0.2, 0.25) is 0 Å². The predicted molar refractivity (Wildman–Crippen MR) is 75.6 cm³/mol. The highest BCUT2D eigenvalue weighted by atomic mass is 79.9. The number of nitrogens with zero attached hydrogens (tertiary/aromatic N) is 1. The zero-order valence-electron chi connectivity index (χ0n) is 10.7. The van der Waals surface area contributed by atoms with E-state index in [0.29, 0.717) is 0 Å². The number of aromatic nitrogens is 1. The van der Waals surface area contributed by atoms with Gasteiger partial charge in [-0.1, -0.05) is 36.7 Å². The van der Waals surface area contributed by atoms with Crippen LogP contribution in [0.1, 0.15) is 43.6 Å². The van der Waals surface area contributed by atoms with Crippen molar-refractivity contribution in [2.75, 3.05) is 0 Å². The molecule has 5 heteroatoms. The second-order valence-electron chi connectivity index (χ2n) is 4.39. The van der Waals surface area contributed by atoms with E-state index in [0.717, 1.165) is 11.4 Å². The summed E-state index contributed by atoms with van der Waals surface area (Å²) < 4.78 is 0. The van der Waals surface area contributed by atoms with Crippen molar-refractivity contribution in [2.45, 2.75) is 45.0 Å². The Bertz CT molecular complexity index is 378. The van der Waals surface area contributed by atoms with Crippen LogP contribution in [0.5, 0.6) is 0 Å². The number of carbonyl (C=O) groups excluding carboxylic acids is 1. The summed E-state index contributed by atoms with van der Waals surface area (Å²) in [6.07, 6.45) is 2.88. The number of rotatable bonds is 5. The van der Waals surface area contributed by atoms with Gasteiger partial charge in [0.25, 0.3) is 0 Å². The highest BCUT2D eigenvalue weighted by molar-refractivity contribution is 9.10. The van der Waals surface area contributed by atoms with Gasteiger partial charge in [-0.05, 0) is 19.3 Å². The van der Waals surface area contributed by atoms with Crippen molar-refractivity contribution in [3.63, 3.8) is 0 Å². The first-order valence-corrected chi connectivity index (χ1v) is 7.58. The number of amides is 1. The van der Waals surface area contributed by atoms with Gasteiger partial charge in [-0.3, -0.25) is 4.79 Å². The molecule has 1 aromatic heterocycles. The third-order valence-corrected chi connectivity index (χ3v) is 5.28. The Labute approximate surface area is 115 Å². The SMILES string of the molecule is CCc1cnc(C(C)NC(=O)C(Br)C(C)C)s1. The fraction of sp³-hybridized carbons (Fsp3) is 0.667. The quantitative estimate of drug-likeness (QED) is 0.846. The fourth-order valence-electron chi connectivity index (χ4n) is 1.34. The van der Waals surface area contributed by atoms with Crippen molar-refractivity contribution in [2.24, 2.45) is 5.92 Å². The van der Waals surface area contributed by atoms with Crippen LogP contribution in [-0.4, -0.2) is 15.7 Å². The maximum atomic E-state index is 11.9. The molecule has 0 aliphatic heterocycles. The molecule has 1 N–H and O–H groups in total. The Hall–Kier alpha value is -0.420. The number of alkyl halides is 1. The van der Waals surface area contributed by atoms with Gasteiger partial charge < -0.3 is 5.32 Å². The van der Waals surface area contributed by atoms with Crippen LogP contribution >= 0.6 is 27.3 Å². The lowest BCUT2D eigenvalue weighted by atomic mass is 10.1. The second kappa shape index (κ2) is 6.50. The Balaban J connectivity index is 2.59. The van der Waals surface area contributed by atoms with Gasteiger partial charge in [-0.25, -0.2) is 4.98 Å². The molecule has 1 amide bonds. The highest BCUT2D eigenvalue weighted by Crippen LogP contribution is 2.21. The Morgan fingerprint density at radius 1 is 1.53 bits per heavy atom. The molecule has 3 nitrogen and oxygen atoms in total. The summed E-state index contributed by atoms with van der Waals surface area (Å²) in [6.45, 7) is 8.11. The van der Waals surface area contributed by atoms with E-state index in [4.69, 9.17) is 0 Å². The van der Waals surface area contributed by atoms with Crippen LogP contribution in [0.4, 0.5) is 0 Å². The molecule has 0 spiro atoms. The molecule has 0 saturated carbocycles. The molecule has 0 fully saturated rings. The minimum Gasteiger partial charge on any atom is -0.346 e. The van der Waals surface area contributed by atoms with Gasteiger partial charge in [-0.2, -0.15) is 0 Å². The Kier molecular flexibility index (Phi) is 5.59. The molecule has 1 aromatic rings. The average Bonchev–Trinajstić information content (AvgIpc) is 2.76. The molecule has 0 bridgehead atoms. The van der Waals surface area contributed by atoms with Crippen LogP contribution in [0.25, 0.3) is 0 Å². The van der Waals surface area contributed by atoms with Crippen LogP contribution in [0.15, 0.2) is 6.20 Å². The Morgan fingerprint density at radius 3 is 2.65 bits per heavy atom. The van der Waals surface area contributed by atoms with Crippen molar-refractivity contribution in [3.05, 3.63) is 16.1 Å². The number of carbonyl (C=O) groups is 1. The molecule has 0 radical (unpaired) electrons. The van der Waals surface area contributed by atoms with E-state index in [1.807, 2.05) is 27.0 Å². The maximum absolute atomic E-state index is 11.9. The molecule has 0 aliphatic rings. The van der Waals surface area contributed by atoms with Crippen molar-refractivity contribution >= 4 is 33.2 Å². The van der Waals surface area contributed by atoms with Gasteiger partial charge >= 0.3 is 0 Å². The summed E-state index contributed by atoms with van der Waals surface area (Å²) in [5.74, 6) is 0.311. The maximum Gasteiger partial charge on any atom is 0.234 e. The number of thiazole rings is 1. The lowest BCUT2D eigenvalue weighted by Gasteiger charge is -2.17. The summed E-state index contributed by atoms with van der Waals surface area (Å²) >= 11 is 5.06. The highest BCUT2D eigenvalue weighted by Gasteiger charge is 2.21. The zero-order valence-corrected chi connectivity index (χ0v) is 13.1. The molecule has 2 atom stereocenters. The van der Waals surface area contributed by atoms with Gasteiger partial charge in [0.15, 0.2) is 0 Å². The summed E-state index contributed by atoms with van der Waals surface area (Å²) in [5, 5.41) is 3.95. The summed E-state index contributed by atoms with van der Waals surface area (Å²) in [6, 6.07) is -0.0217. The van der Waals surface area contributed by atoms with E-state index in [-0.39, 0.29) is 22.7 Å². The normalized spacial score (nSPS) is 14.7. The number of halogens is 1. The molecule has 96 valence electrons. The van der Waals surface area contributed by atoms with Gasteiger partial charge in [0.05, 0.1) is 10.9 Å². The van der Waals surface area contributed by atoms with Crippen LogP contribution in [0.3, 0.4) is 0 Å². The molecule has 0 saturated heterocycles. The summed E-state index contributed by atoms with van der Waals surface area (Å²) in [7, 11) is 0. The van der Waals surface area contributed by atoms with E-state index >= 15 is 0 Å². The smallest absolute Gasteiger partial charge is 0.234 e. The third kappa shape index (κ3) is 4.07. The molecule has 0 aromatic carbocycles. The standard InChI is InChI=1S/C12H19BrN2OS/c1-5-9-6-14-12(17-9)8(4)15-11(16)10(13)7(2)3/h6-8,10H,5H2,1-4H3,(H,15,16). The topological polar surface area (TPSA) is 42.0 Å². The van der Waals surface area contributed by atoms with E-state index < -0.39 is 0 Å². The predicted octanol–water partition coefficient (Wildman–Crippen LogP) is 3.30. The van der Waals surface area contributed by atoms with E-state index in [1.165, 1.54) is 4.88 Å². The van der Waals surface area contributed by atoms with E-state index in [1.54, 1.807) is 11.3 Å². The molecule has 2 unspecified atom stereocenters. The average molecular weight is 319 g/mol. The van der Waals surface area contributed by atoms with Gasteiger partial charge in [-0.15, -0.1) is 11.3 Å². The largest absolute Gasteiger partial charge is 0.346 e. The lowest BCUT2D eigenvalue weighted by Crippen LogP contribution is -2.35. The van der Waals surface area contributed by atoms with Crippen molar-refractivity contribution in [1.29, 1.82) is 0 Å². The van der Waals surface area contributed by atoms with Gasteiger partial charge in [0.2, 0.25) is 5.91 Å². The Morgan fingerprint density at radius 2 is 2.18 bits per heavy atom. The number of aryl methyl sites for hydroxylation is 1. The molecule has 1 heterocycles. The van der Waals surface area contributed by atoms with E-state index in [2.05, 4.69) is 33.2 Å². The zero-order chi connectivity index (χ0) is 13.0. The molecule has 0 aliphatic carbocycles. The summed E-state index contributed by atoms with van der Waals surface area (Å²) in [5.41, 5.74) is 0. The van der Waals surface area contributed by atoms with Gasteiger partial charge in [0, 0.05) is 11.1 Å². The monoisotopic (exact) mass is 318 g/mol. The van der Waals surface area contributed by atoms with Crippen LogP contribution in [-0.2, 0) is 11.2 Å². The summed E-state index contributed by atoms with van der Waals surface area (Å²) in [4.78, 5) is 17.3. The van der Waals surface area contributed by atoms with Crippen molar-refractivity contribution in [3.8, 4) is 0 Å². The number of hydrogen-bond donors (Lipinski definition) is 1. The van der Waals surface area contributed by atoms with Crippen molar-refractivity contribution in [1.82, 2.24) is 10.3 Å². The molecular formula is C12H19BrN2OS. The fourth-order valence-corrected chi connectivity index (χ4v) is 2.34. The first-order valence-electron chi connectivity index (χ1n) is 5.84. The van der Waals surface area contributed by atoms with E-state index in [9.17, 15) is 4.79 Å². The number of nitrogens with one attached hydrogen (secondary N) is 1. The van der Waals surface area contributed by atoms with Gasteiger partial charge in [0.1, 0.15) is 5.01 Å².